The normalized spacial score (nSPS) is 13.7. The van der Waals surface area contributed by atoms with Gasteiger partial charge in [0.2, 0.25) is 10.0 Å². The SMILES string of the molecule is CCN(C(C)COC)S(=O)(=O)c1cc(C(=O)O)sc1Br. The average molecular weight is 386 g/mol. The molecule has 0 aromatic carbocycles. The number of carboxylic acids is 1. The van der Waals surface area contributed by atoms with E-state index in [-0.39, 0.29) is 32.8 Å². The van der Waals surface area contributed by atoms with Crippen molar-refractivity contribution in [3.05, 3.63) is 14.7 Å². The first kappa shape index (κ1) is 17.6. The number of hydrogen-bond donors (Lipinski definition) is 1. The monoisotopic (exact) mass is 385 g/mol. The molecule has 6 nitrogen and oxygen atoms in total. The zero-order valence-corrected chi connectivity index (χ0v) is 14.5. The summed E-state index contributed by atoms with van der Waals surface area (Å²) in [6.45, 7) is 4.00. The van der Waals surface area contributed by atoms with Gasteiger partial charge in [-0.1, -0.05) is 6.92 Å². The molecule has 0 aliphatic carbocycles. The first-order valence-corrected chi connectivity index (χ1v) is 8.84. The molecule has 1 unspecified atom stereocenters. The smallest absolute Gasteiger partial charge is 0.345 e. The largest absolute Gasteiger partial charge is 0.477 e. The number of hydrogen-bond acceptors (Lipinski definition) is 5. The molecule has 9 heteroatoms. The van der Waals surface area contributed by atoms with Gasteiger partial charge in [0.05, 0.1) is 10.4 Å². The summed E-state index contributed by atoms with van der Waals surface area (Å²) < 4.78 is 31.7. The van der Waals surface area contributed by atoms with Gasteiger partial charge in [0.15, 0.2) is 0 Å². The van der Waals surface area contributed by atoms with Crippen LogP contribution in [-0.2, 0) is 14.8 Å². The molecule has 0 amide bonds. The first-order chi connectivity index (χ1) is 9.25. The number of sulfonamides is 1. The number of ether oxygens (including phenoxy) is 1. The fourth-order valence-corrected chi connectivity index (χ4v) is 5.78. The van der Waals surface area contributed by atoms with Crippen LogP contribution >= 0.6 is 27.3 Å². The fraction of sp³-hybridized carbons (Fsp3) is 0.545. The minimum absolute atomic E-state index is 0.0223. The molecule has 0 radical (unpaired) electrons. The quantitative estimate of drug-likeness (QED) is 0.777. The van der Waals surface area contributed by atoms with Gasteiger partial charge in [0.1, 0.15) is 9.77 Å². The van der Waals surface area contributed by atoms with Crippen LogP contribution in [0.4, 0.5) is 0 Å². The number of nitrogens with zero attached hydrogens (tertiary/aromatic N) is 1. The molecule has 1 aromatic heterocycles. The molecular weight excluding hydrogens is 370 g/mol. The predicted molar refractivity (Wildman–Crippen MR) is 79.9 cm³/mol. The lowest BCUT2D eigenvalue weighted by Gasteiger charge is -2.26. The van der Waals surface area contributed by atoms with E-state index in [0.29, 0.717) is 0 Å². The van der Waals surface area contributed by atoms with E-state index in [1.807, 2.05) is 0 Å². The van der Waals surface area contributed by atoms with Crippen LogP contribution in [0.2, 0.25) is 0 Å². The van der Waals surface area contributed by atoms with Crippen molar-refractivity contribution in [2.24, 2.45) is 0 Å². The topological polar surface area (TPSA) is 83.9 Å². The van der Waals surface area contributed by atoms with Crippen LogP contribution in [0.25, 0.3) is 0 Å². The zero-order valence-electron chi connectivity index (χ0n) is 11.3. The highest BCUT2D eigenvalue weighted by atomic mass is 79.9. The van der Waals surface area contributed by atoms with E-state index >= 15 is 0 Å². The van der Waals surface area contributed by atoms with Gasteiger partial charge in [0.25, 0.3) is 0 Å². The van der Waals surface area contributed by atoms with Gasteiger partial charge in [-0.15, -0.1) is 11.3 Å². The van der Waals surface area contributed by atoms with Crippen molar-refractivity contribution in [1.82, 2.24) is 4.31 Å². The van der Waals surface area contributed by atoms with Gasteiger partial charge in [-0.05, 0) is 28.9 Å². The molecule has 0 spiro atoms. The third-order valence-electron chi connectivity index (χ3n) is 2.66. The van der Waals surface area contributed by atoms with E-state index in [9.17, 15) is 13.2 Å². The Balaban J connectivity index is 3.24. The standard InChI is InChI=1S/C11H16BrNO5S2/c1-4-13(7(2)6-18-3)20(16,17)9-5-8(11(14)15)19-10(9)12/h5,7H,4,6H2,1-3H3,(H,14,15). The highest BCUT2D eigenvalue weighted by molar-refractivity contribution is 9.11. The van der Waals surface area contributed by atoms with Gasteiger partial charge >= 0.3 is 5.97 Å². The van der Waals surface area contributed by atoms with Crippen LogP contribution in [0.3, 0.4) is 0 Å². The zero-order chi connectivity index (χ0) is 15.5. The Bertz CT molecular complexity index is 584. The molecule has 0 bridgehead atoms. The molecular formula is C11H16BrNO5S2. The van der Waals surface area contributed by atoms with Gasteiger partial charge < -0.3 is 9.84 Å². The highest BCUT2D eigenvalue weighted by Gasteiger charge is 2.31. The molecule has 0 fully saturated rings. The second-order valence-corrected chi connectivity index (χ2v) is 8.30. The molecule has 1 heterocycles. The lowest BCUT2D eigenvalue weighted by Crippen LogP contribution is -2.40. The molecule has 20 heavy (non-hydrogen) atoms. The van der Waals surface area contributed by atoms with Crippen molar-refractivity contribution in [2.45, 2.75) is 24.8 Å². The number of likely N-dealkylation sites (N-methyl/N-ethyl adjacent to an activating group) is 1. The number of thiophene rings is 1. The molecule has 1 atom stereocenters. The highest BCUT2D eigenvalue weighted by Crippen LogP contribution is 2.34. The second kappa shape index (κ2) is 6.99. The molecule has 114 valence electrons. The lowest BCUT2D eigenvalue weighted by molar-refractivity contribution is 0.0702. The summed E-state index contributed by atoms with van der Waals surface area (Å²) in [5, 5.41) is 8.94. The Morgan fingerprint density at radius 2 is 2.20 bits per heavy atom. The van der Waals surface area contributed by atoms with Gasteiger partial charge in [-0.25, -0.2) is 13.2 Å². The van der Waals surface area contributed by atoms with Crippen molar-refractivity contribution in [3.8, 4) is 0 Å². The van der Waals surface area contributed by atoms with E-state index < -0.39 is 16.0 Å². The Hall–Kier alpha value is -0.480. The number of aromatic carboxylic acids is 1. The summed E-state index contributed by atoms with van der Waals surface area (Å²) in [7, 11) is -2.26. The first-order valence-electron chi connectivity index (χ1n) is 5.79. The predicted octanol–water partition coefficient (Wildman–Crippen LogP) is 2.25. The van der Waals surface area contributed by atoms with Crippen molar-refractivity contribution < 1.29 is 23.1 Å². The van der Waals surface area contributed by atoms with Crippen LogP contribution < -0.4 is 0 Å². The van der Waals surface area contributed by atoms with Crippen LogP contribution in [0.1, 0.15) is 23.5 Å². The van der Waals surface area contributed by atoms with E-state index in [4.69, 9.17) is 9.84 Å². The Labute approximate surface area is 130 Å². The third-order valence-corrected chi connectivity index (χ3v) is 6.99. The number of methoxy groups -OCH3 is 1. The van der Waals surface area contributed by atoms with Crippen LogP contribution in [-0.4, -0.2) is 50.1 Å². The van der Waals surface area contributed by atoms with E-state index in [1.165, 1.54) is 17.5 Å². The third kappa shape index (κ3) is 3.59. The molecule has 0 saturated carbocycles. The van der Waals surface area contributed by atoms with Crippen molar-refractivity contribution >= 4 is 43.3 Å². The molecule has 0 aliphatic rings. The van der Waals surface area contributed by atoms with Crippen molar-refractivity contribution in [2.75, 3.05) is 20.3 Å². The number of carboxylic acid groups (broad SMARTS) is 1. The summed E-state index contributed by atoms with van der Waals surface area (Å²) in [5.74, 6) is -1.15. The average Bonchev–Trinajstić information content (AvgIpc) is 2.73. The molecule has 1 rings (SSSR count). The number of carbonyl (C=O) groups is 1. The minimum atomic E-state index is -3.76. The van der Waals surface area contributed by atoms with Crippen molar-refractivity contribution in [1.29, 1.82) is 0 Å². The van der Waals surface area contributed by atoms with Crippen LogP contribution in [0.5, 0.6) is 0 Å². The molecule has 1 N–H and O–H groups in total. The Kier molecular flexibility index (Phi) is 6.14. The number of halogens is 1. The minimum Gasteiger partial charge on any atom is -0.477 e. The molecule has 0 aliphatic heterocycles. The maximum Gasteiger partial charge on any atom is 0.345 e. The summed E-state index contributed by atoms with van der Waals surface area (Å²) >= 11 is 4.01. The number of rotatable bonds is 7. The summed E-state index contributed by atoms with van der Waals surface area (Å²) in [6.07, 6.45) is 0. The summed E-state index contributed by atoms with van der Waals surface area (Å²) in [6, 6.07) is 0.837. The Morgan fingerprint density at radius 1 is 1.60 bits per heavy atom. The van der Waals surface area contributed by atoms with Crippen molar-refractivity contribution in [3.63, 3.8) is 0 Å². The van der Waals surface area contributed by atoms with Crippen LogP contribution in [0, 0.1) is 0 Å². The van der Waals surface area contributed by atoms with Gasteiger partial charge in [0, 0.05) is 19.7 Å². The van der Waals surface area contributed by atoms with Gasteiger partial charge in [-0.2, -0.15) is 4.31 Å². The molecule has 0 saturated heterocycles. The Morgan fingerprint density at radius 3 is 2.60 bits per heavy atom. The second-order valence-electron chi connectivity index (χ2n) is 4.07. The van der Waals surface area contributed by atoms with E-state index in [2.05, 4.69) is 15.9 Å². The maximum absolute atomic E-state index is 12.6. The lowest BCUT2D eigenvalue weighted by atomic mass is 10.4. The van der Waals surface area contributed by atoms with E-state index in [0.717, 1.165) is 11.3 Å². The van der Waals surface area contributed by atoms with Gasteiger partial charge in [-0.3, -0.25) is 0 Å². The van der Waals surface area contributed by atoms with Crippen LogP contribution in [0.15, 0.2) is 14.7 Å². The molecule has 1 aromatic rings. The maximum atomic E-state index is 12.6. The summed E-state index contributed by atoms with van der Waals surface area (Å²) in [4.78, 5) is 10.9. The summed E-state index contributed by atoms with van der Waals surface area (Å²) in [5.41, 5.74) is 0. The fourth-order valence-electron chi connectivity index (χ4n) is 1.80. The van der Waals surface area contributed by atoms with E-state index in [1.54, 1.807) is 13.8 Å².